The highest BCUT2D eigenvalue weighted by molar-refractivity contribution is 5.84. The first-order valence-electron chi connectivity index (χ1n) is 12.4. The number of hydrogen-bond donors (Lipinski definition) is 0. The van der Waals surface area contributed by atoms with Crippen molar-refractivity contribution in [2.75, 3.05) is 0 Å². The number of pyridine rings is 1. The van der Waals surface area contributed by atoms with Crippen LogP contribution in [0.1, 0.15) is 90.5 Å². The Hall–Kier alpha value is -2.87. The standard InChI is InChI=1S/C15H15NO.C10H14.2C3H8/c1-4-11-13(5-2)16(6-3)14-10-8-7-9-12(14)15(11)17;1-3-9(2)10-7-5-4-6-8-10;2*1-3-2/h4-5,7-10H,1-2,6H2,3H3;4-9H,3H2,1-2H3;2*3H2,1-2H3. The molecule has 180 valence electrons. The van der Waals surface area contributed by atoms with E-state index < -0.39 is 0 Å². The van der Waals surface area contributed by atoms with Crippen LogP contribution >= 0.6 is 0 Å². The van der Waals surface area contributed by atoms with Gasteiger partial charge in [0.15, 0.2) is 5.43 Å². The summed E-state index contributed by atoms with van der Waals surface area (Å²) in [4.78, 5) is 12.3. The molecule has 0 bridgehead atoms. The lowest BCUT2D eigenvalue weighted by atomic mass is 9.99. The number of hydrogen-bond acceptors (Lipinski definition) is 1. The highest BCUT2D eigenvalue weighted by atomic mass is 16.1. The molecule has 0 aliphatic rings. The largest absolute Gasteiger partial charge is 0.341 e. The maximum Gasteiger partial charge on any atom is 0.197 e. The zero-order chi connectivity index (χ0) is 25.2. The van der Waals surface area contributed by atoms with Crippen LogP contribution in [0.15, 0.2) is 72.5 Å². The van der Waals surface area contributed by atoms with Crippen LogP contribution in [-0.2, 0) is 6.54 Å². The quantitative estimate of drug-likeness (QED) is 0.382. The minimum absolute atomic E-state index is 0.0233. The first kappa shape index (κ1) is 30.1. The number of aryl methyl sites for hydroxylation is 1. The second kappa shape index (κ2) is 17.7. The van der Waals surface area contributed by atoms with Gasteiger partial charge in [-0.2, -0.15) is 0 Å². The average molecular weight is 448 g/mol. The molecule has 0 spiro atoms. The third-order valence-corrected chi connectivity index (χ3v) is 4.95. The number of aromatic nitrogens is 1. The smallest absolute Gasteiger partial charge is 0.197 e. The van der Waals surface area contributed by atoms with E-state index in [0.717, 1.165) is 23.1 Å². The third kappa shape index (κ3) is 9.26. The molecule has 1 heterocycles. The normalized spacial score (nSPS) is 10.4. The van der Waals surface area contributed by atoms with E-state index in [9.17, 15) is 4.79 Å². The number of rotatable bonds is 5. The summed E-state index contributed by atoms with van der Waals surface area (Å²) in [5.74, 6) is 0.709. The Balaban J connectivity index is 0.000000542. The van der Waals surface area contributed by atoms with Gasteiger partial charge in [0.05, 0.1) is 11.2 Å². The molecule has 0 fully saturated rings. The van der Waals surface area contributed by atoms with Gasteiger partial charge in [0.1, 0.15) is 0 Å². The van der Waals surface area contributed by atoms with Crippen LogP contribution in [-0.4, -0.2) is 4.57 Å². The number of para-hydroxylation sites is 1. The highest BCUT2D eigenvalue weighted by Gasteiger charge is 2.11. The summed E-state index contributed by atoms with van der Waals surface area (Å²) in [6.07, 6.45) is 7.05. The molecule has 33 heavy (non-hydrogen) atoms. The molecule has 1 aromatic heterocycles. The zero-order valence-corrected chi connectivity index (χ0v) is 22.0. The van der Waals surface area contributed by atoms with E-state index in [1.165, 1.54) is 24.8 Å². The van der Waals surface area contributed by atoms with Crippen molar-refractivity contribution in [3.05, 3.63) is 94.8 Å². The summed E-state index contributed by atoms with van der Waals surface area (Å²) in [5.41, 5.74) is 3.88. The molecule has 3 rings (SSSR count). The lowest BCUT2D eigenvalue weighted by Gasteiger charge is -2.15. The predicted octanol–water partition coefficient (Wildman–Crippen LogP) is 9.34. The lowest BCUT2D eigenvalue weighted by Crippen LogP contribution is -2.15. The van der Waals surface area contributed by atoms with E-state index in [0.29, 0.717) is 11.5 Å². The molecule has 0 saturated heterocycles. The van der Waals surface area contributed by atoms with Crippen molar-refractivity contribution in [2.24, 2.45) is 0 Å². The SMILES string of the molecule is C=Cc1c(C=C)n(CC)c2ccccc2c1=O.CCC.CCC.CCC(C)c1ccccc1. The molecule has 0 saturated carbocycles. The van der Waals surface area contributed by atoms with Crippen LogP contribution in [0.25, 0.3) is 23.1 Å². The first-order chi connectivity index (χ1) is 15.9. The van der Waals surface area contributed by atoms with Crippen LogP contribution in [0.2, 0.25) is 0 Å². The lowest BCUT2D eigenvalue weighted by molar-refractivity contribution is 0.733. The van der Waals surface area contributed by atoms with Crippen LogP contribution < -0.4 is 5.43 Å². The van der Waals surface area contributed by atoms with Gasteiger partial charge in [-0.25, -0.2) is 0 Å². The summed E-state index contributed by atoms with van der Waals surface area (Å²) >= 11 is 0. The van der Waals surface area contributed by atoms with Crippen LogP contribution in [0.5, 0.6) is 0 Å². The Labute approximate surface area is 202 Å². The molecule has 0 aliphatic carbocycles. The zero-order valence-electron chi connectivity index (χ0n) is 22.0. The van der Waals surface area contributed by atoms with Crippen molar-refractivity contribution < 1.29 is 0 Å². The van der Waals surface area contributed by atoms with Crippen molar-refractivity contribution in [3.63, 3.8) is 0 Å². The van der Waals surface area contributed by atoms with Crippen molar-refractivity contribution in [3.8, 4) is 0 Å². The van der Waals surface area contributed by atoms with Gasteiger partial charge in [0, 0.05) is 17.5 Å². The van der Waals surface area contributed by atoms with Gasteiger partial charge >= 0.3 is 0 Å². The van der Waals surface area contributed by atoms with Gasteiger partial charge in [-0.05, 0) is 43.0 Å². The predicted molar refractivity (Wildman–Crippen MR) is 151 cm³/mol. The first-order valence-corrected chi connectivity index (χ1v) is 12.4. The summed E-state index contributed by atoms with van der Waals surface area (Å²) in [6, 6.07) is 18.3. The van der Waals surface area contributed by atoms with E-state index >= 15 is 0 Å². The summed E-state index contributed by atoms with van der Waals surface area (Å²) in [6.45, 7) is 23.3. The number of nitrogens with zero attached hydrogens (tertiary/aromatic N) is 1. The summed E-state index contributed by atoms with van der Waals surface area (Å²) in [7, 11) is 0. The fraction of sp³-hybridized carbons (Fsp3) is 0.387. The Morgan fingerprint density at radius 1 is 0.818 bits per heavy atom. The van der Waals surface area contributed by atoms with Crippen molar-refractivity contribution >= 4 is 23.1 Å². The maximum atomic E-state index is 12.3. The van der Waals surface area contributed by atoms with E-state index in [1.54, 1.807) is 12.2 Å². The van der Waals surface area contributed by atoms with Crippen molar-refractivity contribution in [2.45, 2.75) is 80.2 Å². The molecule has 2 heteroatoms. The van der Waals surface area contributed by atoms with E-state index in [2.05, 4.69) is 96.5 Å². The van der Waals surface area contributed by atoms with Gasteiger partial charge < -0.3 is 4.57 Å². The molecule has 2 nitrogen and oxygen atoms in total. The molecule has 0 N–H and O–H groups in total. The van der Waals surface area contributed by atoms with Gasteiger partial charge in [0.2, 0.25) is 0 Å². The monoisotopic (exact) mass is 447 g/mol. The Kier molecular flexibility index (Phi) is 16.1. The summed E-state index contributed by atoms with van der Waals surface area (Å²) < 4.78 is 2.08. The van der Waals surface area contributed by atoms with Gasteiger partial charge in [-0.15, -0.1) is 0 Å². The summed E-state index contributed by atoms with van der Waals surface area (Å²) in [5, 5.41) is 0.731. The molecule has 0 radical (unpaired) electrons. The molecule has 0 amide bonds. The van der Waals surface area contributed by atoms with E-state index in [4.69, 9.17) is 0 Å². The highest BCUT2D eigenvalue weighted by Crippen LogP contribution is 2.18. The molecule has 1 atom stereocenters. The molecule has 1 unspecified atom stereocenters. The molecule has 3 aromatic rings. The van der Waals surface area contributed by atoms with Crippen LogP contribution in [0, 0.1) is 0 Å². The van der Waals surface area contributed by atoms with Gasteiger partial charge in [-0.1, -0.05) is 116 Å². The number of fused-ring (bicyclic) bond motifs is 1. The third-order valence-electron chi connectivity index (χ3n) is 4.95. The fourth-order valence-corrected chi connectivity index (χ4v) is 3.21. The maximum absolute atomic E-state index is 12.3. The fourth-order valence-electron chi connectivity index (χ4n) is 3.21. The van der Waals surface area contributed by atoms with Crippen LogP contribution in [0.3, 0.4) is 0 Å². The Bertz CT molecular complexity index is 997. The van der Waals surface area contributed by atoms with E-state index in [1.807, 2.05) is 24.3 Å². The van der Waals surface area contributed by atoms with E-state index in [-0.39, 0.29) is 5.43 Å². The molecular formula is C31H45NO. The Morgan fingerprint density at radius 3 is 1.79 bits per heavy atom. The number of benzene rings is 2. The molecule has 0 aliphatic heterocycles. The Morgan fingerprint density at radius 2 is 1.33 bits per heavy atom. The van der Waals surface area contributed by atoms with Crippen molar-refractivity contribution in [1.29, 1.82) is 0 Å². The van der Waals surface area contributed by atoms with Crippen LogP contribution in [0.4, 0.5) is 0 Å². The second-order valence-electron chi connectivity index (χ2n) is 7.93. The molecule has 2 aromatic carbocycles. The second-order valence-corrected chi connectivity index (χ2v) is 7.93. The van der Waals surface area contributed by atoms with Gasteiger partial charge in [-0.3, -0.25) is 4.79 Å². The molecular weight excluding hydrogens is 402 g/mol. The minimum Gasteiger partial charge on any atom is -0.341 e. The van der Waals surface area contributed by atoms with Gasteiger partial charge in [0.25, 0.3) is 0 Å². The minimum atomic E-state index is 0.0233. The average Bonchev–Trinajstić information content (AvgIpc) is 2.85. The van der Waals surface area contributed by atoms with Crippen molar-refractivity contribution in [1.82, 2.24) is 4.57 Å². The topological polar surface area (TPSA) is 22.0 Å².